The third-order valence-corrected chi connectivity index (χ3v) is 1.08. The van der Waals surface area contributed by atoms with Gasteiger partial charge < -0.3 is 4.74 Å². The Morgan fingerprint density at radius 2 is 1.80 bits per heavy atom. The van der Waals surface area contributed by atoms with Crippen molar-refractivity contribution >= 4 is 16.4 Å². The van der Waals surface area contributed by atoms with E-state index in [0.29, 0.717) is 12.2 Å². The van der Waals surface area contributed by atoms with E-state index in [0.717, 1.165) is 12.8 Å². The predicted octanol–water partition coefficient (Wildman–Crippen LogP) is 1.25. The zero-order valence-corrected chi connectivity index (χ0v) is 9.58. The van der Waals surface area contributed by atoms with Gasteiger partial charge in [-0.3, -0.25) is 9.11 Å². The molecule has 0 saturated heterocycles. The van der Waals surface area contributed by atoms with Gasteiger partial charge in [-0.15, -0.1) is 0 Å². The molecule has 0 saturated carbocycles. The summed E-state index contributed by atoms with van der Waals surface area (Å²) in [5.41, 5.74) is 0.469. The van der Waals surface area contributed by atoms with E-state index in [9.17, 15) is 4.79 Å². The molecule has 0 fully saturated rings. The van der Waals surface area contributed by atoms with Gasteiger partial charge in [-0.1, -0.05) is 19.9 Å². The minimum Gasteiger partial charge on any atom is -0.462 e. The molecule has 0 aromatic heterocycles. The Balaban J connectivity index is 0. The number of hydrogen-bond acceptors (Lipinski definition) is 4. The van der Waals surface area contributed by atoms with Crippen molar-refractivity contribution < 1.29 is 27.1 Å². The first-order valence-electron chi connectivity index (χ1n) is 4.21. The number of unbranched alkanes of at least 4 members (excludes halogenated alkanes) is 1. The van der Waals surface area contributed by atoms with Crippen LogP contribution in [0.25, 0.3) is 0 Å². The molecule has 2 N–H and O–H groups in total. The van der Waals surface area contributed by atoms with Gasteiger partial charge in [-0.25, -0.2) is 4.79 Å². The van der Waals surface area contributed by atoms with Gasteiger partial charge in [0.2, 0.25) is 0 Å². The molecular weight excluding hydrogens is 224 g/mol. The zero-order valence-electron chi connectivity index (χ0n) is 8.76. The second-order valence-electron chi connectivity index (χ2n) is 2.72. The number of hydrogen-bond donors (Lipinski definition) is 2. The van der Waals surface area contributed by atoms with Gasteiger partial charge in [0.15, 0.2) is 0 Å². The topological polar surface area (TPSA) is 101 Å². The summed E-state index contributed by atoms with van der Waals surface area (Å²) in [5.74, 6) is -0.284. The molecule has 0 amide bonds. The molecule has 0 unspecified atom stereocenters. The quantitative estimate of drug-likeness (QED) is 0.332. The Bertz CT molecular complexity index is 284. The van der Waals surface area contributed by atoms with Crippen molar-refractivity contribution in [3.05, 3.63) is 12.2 Å². The van der Waals surface area contributed by atoms with Gasteiger partial charge in [0.05, 0.1) is 6.61 Å². The average molecular weight is 240 g/mol. The van der Waals surface area contributed by atoms with Crippen LogP contribution < -0.4 is 0 Å². The number of rotatable bonds is 4. The van der Waals surface area contributed by atoms with Crippen LogP contribution in [0.15, 0.2) is 12.2 Å². The summed E-state index contributed by atoms with van der Waals surface area (Å²) < 4.78 is 36.4. The van der Waals surface area contributed by atoms with E-state index in [1.165, 1.54) is 0 Å². The maximum absolute atomic E-state index is 10.7. The molecule has 15 heavy (non-hydrogen) atoms. The number of ether oxygens (including phenoxy) is 1. The maximum atomic E-state index is 10.7. The lowest BCUT2D eigenvalue weighted by atomic mass is 10.3. The van der Waals surface area contributed by atoms with Gasteiger partial charge in [0, 0.05) is 5.57 Å². The van der Waals surface area contributed by atoms with Gasteiger partial charge >= 0.3 is 16.4 Å². The van der Waals surface area contributed by atoms with E-state index < -0.39 is 10.4 Å². The minimum atomic E-state index is -4.67. The molecule has 0 bridgehead atoms. The van der Waals surface area contributed by atoms with E-state index in [-0.39, 0.29) is 5.97 Å². The fraction of sp³-hybridized carbons (Fsp3) is 0.625. The smallest absolute Gasteiger partial charge is 0.394 e. The summed E-state index contributed by atoms with van der Waals surface area (Å²) >= 11 is 0. The lowest BCUT2D eigenvalue weighted by molar-refractivity contribution is -0.139. The van der Waals surface area contributed by atoms with Crippen LogP contribution in [-0.2, 0) is 19.9 Å². The van der Waals surface area contributed by atoms with Crippen molar-refractivity contribution in [2.75, 3.05) is 6.61 Å². The first-order valence-corrected chi connectivity index (χ1v) is 5.60. The van der Waals surface area contributed by atoms with Crippen molar-refractivity contribution in [2.45, 2.75) is 26.7 Å². The SMILES string of the molecule is C=C(C)C(=O)OCCCC.O=S(=O)(O)O. The number of esters is 1. The third kappa shape index (κ3) is 24.6. The molecular formula is C8H16O6S. The molecule has 6 nitrogen and oxygen atoms in total. The summed E-state index contributed by atoms with van der Waals surface area (Å²) in [6, 6.07) is 0. The van der Waals surface area contributed by atoms with Gasteiger partial charge in [0.25, 0.3) is 0 Å². The molecule has 90 valence electrons. The molecule has 7 heteroatoms. The Morgan fingerprint density at radius 1 is 1.40 bits per heavy atom. The fourth-order valence-electron chi connectivity index (χ4n) is 0.432. The van der Waals surface area contributed by atoms with Gasteiger partial charge in [-0.05, 0) is 13.3 Å². The summed E-state index contributed by atoms with van der Waals surface area (Å²) in [5, 5.41) is 0. The van der Waals surface area contributed by atoms with Crippen LogP contribution >= 0.6 is 0 Å². The second-order valence-corrected chi connectivity index (χ2v) is 3.61. The van der Waals surface area contributed by atoms with E-state index >= 15 is 0 Å². The molecule has 0 radical (unpaired) electrons. The Morgan fingerprint density at radius 3 is 2.07 bits per heavy atom. The van der Waals surface area contributed by atoms with Crippen LogP contribution in [0, 0.1) is 0 Å². The van der Waals surface area contributed by atoms with E-state index in [1.54, 1.807) is 6.92 Å². The highest BCUT2D eigenvalue weighted by atomic mass is 32.3. The summed E-state index contributed by atoms with van der Waals surface area (Å²) in [6.07, 6.45) is 1.97. The normalized spacial score (nSPS) is 9.87. The van der Waals surface area contributed by atoms with Crippen LogP contribution in [0.3, 0.4) is 0 Å². The first-order chi connectivity index (χ1) is 6.68. The van der Waals surface area contributed by atoms with Crippen LogP contribution in [-0.4, -0.2) is 30.1 Å². The largest absolute Gasteiger partial charge is 0.462 e. The van der Waals surface area contributed by atoms with Crippen molar-refractivity contribution in [2.24, 2.45) is 0 Å². The summed E-state index contributed by atoms with van der Waals surface area (Å²) in [4.78, 5) is 10.7. The lowest BCUT2D eigenvalue weighted by Gasteiger charge is -2.01. The molecule has 0 rings (SSSR count). The number of carbonyl (C=O) groups is 1. The summed E-state index contributed by atoms with van der Waals surface area (Å²) in [6.45, 7) is 7.67. The highest BCUT2D eigenvalue weighted by molar-refractivity contribution is 7.79. The van der Waals surface area contributed by atoms with E-state index in [1.807, 2.05) is 0 Å². The zero-order chi connectivity index (χ0) is 12.5. The Hall–Kier alpha value is -0.920. The fourth-order valence-corrected chi connectivity index (χ4v) is 0.432. The van der Waals surface area contributed by atoms with Crippen LogP contribution in [0.2, 0.25) is 0 Å². The predicted molar refractivity (Wildman–Crippen MR) is 54.9 cm³/mol. The standard InChI is InChI=1S/C8H14O2.H2O4S/c1-4-5-6-10-8(9)7(2)3;1-5(2,3)4/h2,4-6H2,1,3H3;(H2,1,2,3,4). The Kier molecular flexibility index (Phi) is 9.24. The van der Waals surface area contributed by atoms with Crippen molar-refractivity contribution in [1.29, 1.82) is 0 Å². The third-order valence-electron chi connectivity index (χ3n) is 1.08. The van der Waals surface area contributed by atoms with Crippen LogP contribution in [0.1, 0.15) is 26.7 Å². The highest BCUT2D eigenvalue weighted by Gasteiger charge is 2.00. The minimum absolute atomic E-state index is 0.284. The van der Waals surface area contributed by atoms with Crippen LogP contribution in [0.4, 0.5) is 0 Å². The lowest BCUT2D eigenvalue weighted by Crippen LogP contribution is -2.05. The molecule has 0 spiro atoms. The van der Waals surface area contributed by atoms with Gasteiger partial charge in [-0.2, -0.15) is 8.42 Å². The van der Waals surface area contributed by atoms with Crippen molar-refractivity contribution in [3.63, 3.8) is 0 Å². The molecule has 0 atom stereocenters. The average Bonchev–Trinajstić information content (AvgIpc) is 2.01. The molecule has 0 heterocycles. The molecule has 0 aromatic rings. The number of carbonyl (C=O) groups excluding carboxylic acids is 1. The summed E-state index contributed by atoms with van der Waals surface area (Å²) in [7, 11) is -4.67. The van der Waals surface area contributed by atoms with Crippen LogP contribution in [0.5, 0.6) is 0 Å². The maximum Gasteiger partial charge on any atom is 0.394 e. The van der Waals surface area contributed by atoms with E-state index in [2.05, 4.69) is 13.5 Å². The Labute approximate surface area is 89.5 Å². The van der Waals surface area contributed by atoms with Gasteiger partial charge in [0.1, 0.15) is 0 Å². The first kappa shape index (κ1) is 16.5. The second kappa shape index (κ2) is 8.39. The van der Waals surface area contributed by atoms with Crippen molar-refractivity contribution in [3.8, 4) is 0 Å². The molecule has 0 aliphatic carbocycles. The van der Waals surface area contributed by atoms with Crippen molar-refractivity contribution in [1.82, 2.24) is 0 Å². The molecule has 0 aliphatic heterocycles. The highest BCUT2D eigenvalue weighted by Crippen LogP contribution is 1.94. The monoisotopic (exact) mass is 240 g/mol. The molecule has 0 aromatic carbocycles. The molecule has 0 aliphatic rings. The van der Waals surface area contributed by atoms with E-state index in [4.69, 9.17) is 22.3 Å².